The topological polar surface area (TPSA) is 63.7 Å². The van der Waals surface area contributed by atoms with Crippen molar-refractivity contribution in [2.24, 2.45) is 23.2 Å². The Morgan fingerprint density at radius 3 is 2.80 bits per heavy atom. The Morgan fingerprint density at radius 2 is 2.12 bits per heavy atom. The second-order valence-electron chi connectivity index (χ2n) is 7.07. The number of allylic oxidation sites excluding steroid dienone is 2. The fraction of sp³-hybridized carbons (Fsp3) is 0.421. The lowest BCUT2D eigenvalue weighted by molar-refractivity contribution is -0.148. The molecule has 1 aromatic rings. The molecule has 4 rings (SSSR count). The summed E-state index contributed by atoms with van der Waals surface area (Å²) in [6, 6.07) is 5.41. The Hall–Kier alpha value is -1.95. The van der Waals surface area contributed by atoms with Gasteiger partial charge in [0.2, 0.25) is 11.8 Å². The van der Waals surface area contributed by atoms with Crippen molar-refractivity contribution in [2.45, 2.75) is 19.8 Å². The number of esters is 1. The summed E-state index contributed by atoms with van der Waals surface area (Å²) in [4.78, 5) is 39.9. The van der Waals surface area contributed by atoms with E-state index in [1.165, 1.54) is 12.0 Å². The molecule has 1 aliphatic heterocycles. The van der Waals surface area contributed by atoms with E-state index in [9.17, 15) is 14.4 Å². The highest BCUT2D eigenvalue weighted by molar-refractivity contribution is 9.10. The highest BCUT2D eigenvalue weighted by Gasteiger charge is 2.70. The molecular weight excluding hydrogens is 386 g/mol. The van der Waals surface area contributed by atoms with E-state index in [2.05, 4.69) is 15.9 Å². The zero-order chi connectivity index (χ0) is 17.9. The van der Waals surface area contributed by atoms with E-state index in [0.717, 1.165) is 16.5 Å². The molecule has 3 aliphatic rings. The lowest BCUT2D eigenvalue weighted by Crippen LogP contribution is -2.42. The molecule has 2 aliphatic carbocycles. The number of amides is 2. The Balaban J connectivity index is 1.81. The minimum absolute atomic E-state index is 0.0210. The molecule has 2 amide bonds. The Labute approximate surface area is 154 Å². The van der Waals surface area contributed by atoms with E-state index in [1.807, 2.05) is 31.2 Å². The number of halogens is 1. The zero-order valence-electron chi connectivity index (χ0n) is 14.0. The first-order valence-corrected chi connectivity index (χ1v) is 9.09. The molecule has 1 aromatic carbocycles. The molecule has 2 bridgehead atoms. The molecule has 6 heteroatoms. The molecule has 0 radical (unpaired) electrons. The maximum Gasteiger partial charge on any atom is 0.306 e. The SMILES string of the molecule is COC(=O)C[C@@]12C(=O)N(c3ccc(Br)c(C)c3)C(=O)[C@@H]1C1C=CC2C1. The fourth-order valence-electron chi connectivity index (χ4n) is 4.75. The van der Waals surface area contributed by atoms with Crippen LogP contribution in [-0.4, -0.2) is 24.9 Å². The lowest BCUT2D eigenvalue weighted by Gasteiger charge is -2.31. The second-order valence-corrected chi connectivity index (χ2v) is 7.93. The van der Waals surface area contributed by atoms with E-state index in [-0.39, 0.29) is 30.1 Å². The first-order valence-electron chi connectivity index (χ1n) is 8.30. The summed E-state index contributed by atoms with van der Waals surface area (Å²) in [7, 11) is 1.31. The third-order valence-corrected chi connectivity index (χ3v) is 6.80. The van der Waals surface area contributed by atoms with Crippen molar-refractivity contribution in [3.63, 3.8) is 0 Å². The van der Waals surface area contributed by atoms with Gasteiger partial charge in [-0.2, -0.15) is 0 Å². The average Bonchev–Trinajstić information content (AvgIpc) is 3.23. The predicted octanol–water partition coefficient (Wildman–Crippen LogP) is 3.00. The Bertz CT molecular complexity index is 833. The van der Waals surface area contributed by atoms with Crippen LogP contribution in [0.2, 0.25) is 0 Å². The van der Waals surface area contributed by atoms with Gasteiger partial charge in [0.25, 0.3) is 0 Å². The summed E-state index contributed by atoms with van der Waals surface area (Å²) in [5, 5.41) is 0. The van der Waals surface area contributed by atoms with Crippen molar-refractivity contribution in [1.82, 2.24) is 0 Å². The van der Waals surface area contributed by atoms with E-state index in [4.69, 9.17) is 4.74 Å². The number of hydrogen-bond acceptors (Lipinski definition) is 4. The van der Waals surface area contributed by atoms with Gasteiger partial charge < -0.3 is 4.74 Å². The van der Waals surface area contributed by atoms with Crippen LogP contribution in [-0.2, 0) is 19.1 Å². The van der Waals surface area contributed by atoms with Gasteiger partial charge in [-0.3, -0.25) is 14.4 Å². The van der Waals surface area contributed by atoms with Crippen LogP contribution in [0.5, 0.6) is 0 Å². The van der Waals surface area contributed by atoms with Gasteiger partial charge in [-0.05, 0) is 48.9 Å². The fourth-order valence-corrected chi connectivity index (χ4v) is 5.00. The molecule has 1 saturated heterocycles. The molecule has 25 heavy (non-hydrogen) atoms. The number of carbonyl (C=O) groups excluding carboxylic acids is 3. The summed E-state index contributed by atoms with van der Waals surface area (Å²) in [6.07, 6.45) is 4.72. The van der Waals surface area contributed by atoms with Gasteiger partial charge in [-0.15, -0.1) is 0 Å². The van der Waals surface area contributed by atoms with E-state index in [0.29, 0.717) is 5.69 Å². The summed E-state index contributed by atoms with van der Waals surface area (Å²) in [6.45, 7) is 1.91. The van der Waals surface area contributed by atoms with Crippen molar-refractivity contribution in [3.8, 4) is 0 Å². The number of aryl methyl sites for hydroxylation is 1. The number of nitrogens with zero attached hydrogens (tertiary/aromatic N) is 1. The van der Waals surface area contributed by atoms with Crippen molar-refractivity contribution in [2.75, 3.05) is 12.0 Å². The largest absolute Gasteiger partial charge is 0.469 e. The van der Waals surface area contributed by atoms with E-state index >= 15 is 0 Å². The van der Waals surface area contributed by atoms with Crippen LogP contribution >= 0.6 is 15.9 Å². The van der Waals surface area contributed by atoms with Crippen molar-refractivity contribution in [3.05, 3.63) is 40.4 Å². The summed E-state index contributed by atoms with van der Waals surface area (Å²) < 4.78 is 5.75. The van der Waals surface area contributed by atoms with Gasteiger partial charge in [0.15, 0.2) is 0 Å². The first-order chi connectivity index (χ1) is 11.9. The molecule has 0 N–H and O–H groups in total. The molecule has 2 unspecified atom stereocenters. The minimum Gasteiger partial charge on any atom is -0.469 e. The van der Waals surface area contributed by atoms with E-state index in [1.54, 1.807) is 6.07 Å². The monoisotopic (exact) mass is 403 g/mol. The molecule has 2 fully saturated rings. The number of methoxy groups -OCH3 is 1. The smallest absolute Gasteiger partial charge is 0.306 e. The van der Waals surface area contributed by atoms with Crippen molar-refractivity contribution >= 4 is 39.4 Å². The van der Waals surface area contributed by atoms with Crippen LogP contribution in [0.25, 0.3) is 0 Å². The summed E-state index contributed by atoms with van der Waals surface area (Å²) in [5.74, 6) is -1.45. The normalized spacial score (nSPS) is 32.4. The highest BCUT2D eigenvalue weighted by Crippen LogP contribution is 2.62. The number of carbonyl (C=O) groups is 3. The third kappa shape index (κ3) is 2.09. The van der Waals surface area contributed by atoms with Gasteiger partial charge in [0.05, 0.1) is 30.6 Å². The molecule has 0 aromatic heterocycles. The first kappa shape index (κ1) is 16.5. The summed E-state index contributed by atoms with van der Waals surface area (Å²) >= 11 is 3.44. The zero-order valence-corrected chi connectivity index (χ0v) is 15.6. The van der Waals surface area contributed by atoms with Crippen LogP contribution < -0.4 is 4.90 Å². The average molecular weight is 404 g/mol. The van der Waals surface area contributed by atoms with Gasteiger partial charge in [-0.25, -0.2) is 4.90 Å². The van der Waals surface area contributed by atoms with E-state index < -0.39 is 17.3 Å². The molecule has 1 saturated carbocycles. The molecule has 0 spiro atoms. The molecule has 1 heterocycles. The van der Waals surface area contributed by atoms with Crippen LogP contribution in [0.3, 0.4) is 0 Å². The second kappa shape index (κ2) is 5.53. The molecule has 130 valence electrons. The van der Waals surface area contributed by atoms with Crippen molar-refractivity contribution in [1.29, 1.82) is 0 Å². The number of anilines is 1. The molecular formula is C19H18BrNO4. The predicted molar refractivity (Wildman–Crippen MR) is 94.7 cm³/mol. The highest BCUT2D eigenvalue weighted by atomic mass is 79.9. The van der Waals surface area contributed by atoms with Crippen LogP contribution in [0.15, 0.2) is 34.8 Å². The maximum absolute atomic E-state index is 13.4. The summed E-state index contributed by atoms with van der Waals surface area (Å²) in [5.41, 5.74) is 0.511. The number of benzene rings is 1. The quantitative estimate of drug-likeness (QED) is 0.442. The minimum atomic E-state index is -0.995. The number of hydrogen-bond donors (Lipinski definition) is 0. The van der Waals surface area contributed by atoms with Crippen LogP contribution in [0.4, 0.5) is 5.69 Å². The number of fused-ring (bicyclic) bond motifs is 5. The Kier molecular flexibility index (Phi) is 3.65. The number of ether oxygens (including phenoxy) is 1. The number of rotatable bonds is 3. The van der Waals surface area contributed by atoms with Crippen molar-refractivity contribution < 1.29 is 19.1 Å². The molecule has 4 atom stereocenters. The van der Waals surface area contributed by atoms with Gasteiger partial charge in [0, 0.05) is 4.47 Å². The van der Waals surface area contributed by atoms with Gasteiger partial charge in [-0.1, -0.05) is 28.1 Å². The Morgan fingerprint density at radius 1 is 1.36 bits per heavy atom. The lowest BCUT2D eigenvalue weighted by atomic mass is 9.68. The molecule has 5 nitrogen and oxygen atoms in total. The van der Waals surface area contributed by atoms with Gasteiger partial charge >= 0.3 is 5.97 Å². The van der Waals surface area contributed by atoms with Gasteiger partial charge in [0.1, 0.15) is 0 Å². The van der Waals surface area contributed by atoms with Crippen LogP contribution in [0.1, 0.15) is 18.4 Å². The standard InChI is InChI=1S/C19H18BrNO4/c1-10-7-13(5-6-14(10)20)21-17(23)16-11-3-4-12(8-11)19(16,18(21)24)9-15(22)25-2/h3-7,11-12,16H,8-9H2,1-2H3/t11?,12?,16-,19-/m0/s1. The third-order valence-electron chi connectivity index (χ3n) is 5.91. The number of imide groups is 1. The van der Waals surface area contributed by atoms with Crippen LogP contribution in [0, 0.1) is 30.1 Å². The maximum atomic E-state index is 13.4.